The molecule has 0 aliphatic heterocycles. The molecule has 4 rings (SSSR count). The Morgan fingerprint density at radius 2 is 1.85 bits per heavy atom. The highest BCUT2D eigenvalue weighted by Gasteiger charge is 2.27. The summed E-state index contributed by atoms with van der Waals surface area (Å²) in [5, 5.41) is 9.41. The zero-order valence-electron chi connectivity index (χ0n) is 22.9. The molecule has 0 bridgehead atoms. The van der Waals surface area contributed by atoms with Gasteiger partial charge in [-0.25, -0.2) is 4.39 Å². The SMILES string of the molecule is COc1ccc(F)c(-c2ccc(COc3cccc([C@@H](CC(=O)O)CC4CC4)c3)cc2COCC=C(C)C)c1. The third kappa shape index (κ3) is 8.42. The van der Waals surface area contributed by atoms with Crippen LogP contribution < -0.4 is 9.47 Å². The van der Waals surface area contributed by atoms with Crippen LogP contribution in [0.15, 0.2) is 72.3 Å². The fourth-order valence-electron chi connectivity index (χ4n) is 4.68. The predicted octanol–water partition coefficient (Wildman–Crippen LogP) is 7.92. The first-order valence-electron chi connectivity index (χ1n) is 13.4. The van der Waals surface area contributed by atoms with Crippen molar-refractivity contribution in [2.75, 3.05) is 13.7 Å². The minimum atomic E-state index is -0.779. The van der Waals surface area contributed by atoms with E-state index in [1.165, 1.54) is 24.5 Å². The lowest BCUT2D eigenvalue weighted by molar-refractivity contribution is -0.137. The number of aliphatic carboxylic acids is 1. The molecule has 0 radical (unpaired) electrons. The summed E-state index contributed by atoms with van der Waals surface area (Å²) in [4.78, 5) is 11.5. The van der Waals surface area contributed by atoms with Crippen LogP contribution in [0, 0.1) is 11.7 Å². The first-order chi connectivity index (χ1) is 18.8. The second kappa shape index (κ2) is 13.4. The van der Waals surface area contributed by atoms with Gasteiger partial charge >= 0.3 is 5.97 Å². The van der Waals surface area contributed by atoms with Gasteiger partial charge in [0.25, 0.3) is 0 Å². The van der Waals surface area contributed by atoms with E-state index in [1.807, 2.05) is 62.4 Å². The average Bonchev–Trinajstić information content (AvgIpc) is 3.74. The summed E-state index contributed by atoms with van der Waals surface area (Å²) in [7, 11) is 1.56. The molecule has 1 saturated carbocycles. The molecule has 39 heavy (non-hydrogen) atoms. The Labute approximate surface area is 230 Å². The number of rotatable bonds is 14. The number of carboxylic acids is 1. The minimum Gasteiger partial charge on any atom is -0.497 e. The first kappa shape index (κ1) is 28.4. The van der Waals surface area contributed by atoms with E-state index in [2.05, 4.69) is 0 Å². The van der Waals surface area contributed by atoms with Gasteiger partial charge in [0.05, 0.1) is 26.7 Å². The van der Waals surface area contributed by atoms with Crippen LogP contribution in [-0.4, -0.2) is 24.8 Å². The summed E-state index contributed by atoms with van der Waals surface area (Å²) in [5.74, 6) is 0.786. The van der Waals surface area contributed by atoms with Crippen LogP contribution in [0.5, 0.6) is 11.5 Å². The maximum Gasteiger partial charge on any atom is 0.303 e. The first-order valence-corrected chi connectivity index (χ1v) is 13.4. The highest BCUT2D eigenvalue weighted by Crippen LogP contribution is 2.40. The molecule has 0 saturated heterocycles. The van der Waals surface area contributed by atoms with Crippen molar-refractivity contribution < 1.29 is 28.5 Å². The van der Waals surface area contributed by atoms with Crippen molar-refractivity contribution in [2.24, 2.45) is 5.92 Å². The van der Waals surface area contributed by atoms with Crippen LogP contribution in [0.1, 0.15) is 62.1 Å². The van der Waals surface area contributed by atoms with E-state index >= 15 is 0 Å². The molecule has 3 aromatic carbocycles. The van der Waals surface area contributed by atoms with Crippen LogP contribution in [0.25, 0.3) is 11.1 Å². The molecule has 3 aromatic rings. The number of carbonyl (C=O) groups is 1. The summed E-state index contributed by atoms with van der Waals surface area (Å²) in [6.07, 6.45) is 5.39. The Morgan fingerprint density at radius 3 is 2.56 bits per heavy atom. The number of methoxy groups -OCH3 is 1. The van der Waals surface area contributed by atoms with Crippen LogP contribution in [-0.2, 0) is 22.7 Å². The number of carboxylic acid groups (broad SMARTS) is 1. The van der Waals surface area contributed by atoms with E-state index in [0.29, 0.717) is 42.8 Å². The van der Waals surface area contributed by atoms with Crippen LogP contribution >= 0.6 is 0 Å². The zero-order chi connectivity index (χ0) is 27.8. The largest absolute Gasteiger partial charge is 0.497 e. The van der Waals surface area contributed by atoms with E-state index in [-0.39, 0.29) is 18.2 Å². The maximum absolute atomic E-state index is 14.8. The average molecular weight is 533 g/mol. The lowest BCUT2D eigenvalue weighted by atomic mass is 9.90. The highest BCUT2D eigenvalue weighted by molar-refractivity contribution is 5.70. The standard InChI is InChI=1S/C33H37FO5/c1-22(2)13-14-38-21-27-16-24(9-11-30(27)31-19-28(37-3)10-12-32(31)34)20-39-29-6-4-5-25(17-29)26(18-33(35)36)15-23-7-8-23/h4-6,9-13,16-17,19,23,26H,7-8,14-15,18,20-21H2,1-3H3,(H,35,36)/t26-/m1/s1. The van der Waals surface area contributed by atoms with Crippen molar-refractivity contribution in [2.45, 2.75) is 58.7 Å². The number of hydrogen-bond donors (Lipinski definition) is 1. The lowest BCUT2D eigenvalue weighted by Crippen LogP contribution is -2.08. The summed E-state index contributed by atoms with van der Waals surface area (Å²) in [5.41, 5.74) is 5.14. The van der Waals surface area contributed by atoms with Gasteiger partial charge in [0.1, 0.15) is 23.9 Å². The van der Waals surface area contributed by atoms with E-state index in [1.54, 1.807) is 19.2 Å². The summed E-state index contributed by atoms with van der Waals surface area (Å²) in [6.45, 7) is 5.13. The van der Waals surface area contributed by atoms with Gasteiger partial charge in [0.2, 0.25) is 0 Å². The number of allylic oxidation sites excluding steroid dienone is 1. The predicted molar refractivity (Wildman–Crippen MR) is 151 cm³/mol. The third-order valence-electron chi connectivity index (χ3n) is 6.97. The Hall–Kier alpha value is -3.64. The highest BCUT2D eigenvalue weighted by atomic mass is 19.1. The Morgan fingerprint density at radius 1 is 1.03 bits per heavy atom. The molecule has 1 N–H and O–H groups in total. The molecule has 206 valence electrons. The molecule has 0 spiro atoms. The zero-order valence-corrected chi connectivity index (χ0v) is 22.9. The quantitative estimate of drug-likeness (QED) is 0.169. The van der Waals surface area contributed by atoms with Gasteiger partial charge in [-0.1, -0.05) is 48.8 Å². The maximum atomic E-state index is 14.8. The normalized spacial score (nSPS) is 13.5. The molecular formula is C33H37FO5. The van der Waals surface area contributed by atoms with Crippen molar-refractivity contribution in [1.29, 1.82) is 0 Å². The molecule has 0 heterocycles. The molecule has 0 unspecified atom stereocenters. The molecule has 6 heteroatoms. The Bertz CT molecular complexity index is 1310. The van der Waals surface area contributed by atoms with Crippen molar-refractivity contribution in [3.05, 3.63) is 94.8 Å². The molecule has 1 fully saturated rings. The molecule has 0 amide bonds. The van der Waals surface area contributed by atoms with E-state index in [0.717, 1.165) is 28.7 Å². The monoisotopic (exact) mass is 532 g/mol. The molecule has 1 aliphatic rings. The fraction of sp³-hybridized carbons (Fsp3) is 0.364. The smallest absolute Gasteiger partial charge is 0.303 e. The van der Waals surface area contributed by atoms with Crippen LogP contribution in [0.3, 0.4) is 0 Å². The third-order valence-corrected chi connectivity index (χ3v) is 6.97. The fourth-order valence-corrected chi connectivity index (χ4v) is 4.68. The summed E-state index contributed by atoms with van der Waals surface area (Å²) < 4.78 is 32.2. The number of halogens is 1. The van der Waals surface area contributed by atoms with E-state index < -0.39 is 5.97 Å². The second-order valence-corrected chi connectivity index (χ2v) is 10.5. The molecule has 1 atom stereocenters. The van der Waals surface area contributed by atoms with Crippen molar-refractivity contribution in [3.63, 3.8) is 0 Å². The van der Waals surface area contributed by atoms with E-state index in [4.69, 9.17) is 14.2 Å². The van der Waals surface area contributed by atoms with Gasteiger partial charge in [-0.2, -0.15) is 0 Å². The minimum absolute atomic E-state index is 0.0137. The van der Waals surface area contributed by atoms with Crippen molar-refractivity contribution in [1.82, 2.24) is 0 Å². The van der Waals surface area contributed by atoms with Gasteiger partial charge in [-0.3, -0.25) is 4.79 Å². The van der Waals surface area contributed by atoms with Crippen molar-refractivity contribution >= 4 is 5.97 Å². The molecule has 5 nitrogen and oxygen atoms in total. The van der Waals surface area contributed by atoms with Gasteiger partial charge in [-0.15, -0.1) is 0 Å². The number of benzene rings is 3. The van der Waals surface area contributed by atoms with Gasteiger partial charge in [0, 0.05) is 5.56 Å². The van der Waals surface area contributed by atoms with Gasteiger partial charge < -0.3 is 19.3 Å². The Balaban J connectivity index is 1.53. The summed E-state index contributed by atoms with van der Waals surface area (Å²) >= 11 is 0. The van der Waals surface area contributed by atoms with Crippen molar-refractivity contribution in [3.8, 4) is 22.6 Å². The Kier molecular flexibility index (Phi) is 9.77. The summed E-state index contributed by atoms with van der Waals surface area (Å²) in [6, 6.07) is 18.3. The van der Waals surface area contributed by atoms with E-state index in [9.17, 15) is 14.3 Å². The lowest BCUT2D eigenvalue weighted by Gasteiger charge is -2.17. The van der Waals surface area contributed by atoms with Crippen LogP contribution in [0.4, 0.5) is 4.39 Å². The van der Waals surface area contributed by atoms with Crippen LogP contribution in [0.2, 0.25) is 0 Å². The molecule has 1 aliphatic carbocycles. The number of ether oxygens (including phenoxy) is 3. The second-order valence-electron chi connectivity index (χ2n) is 10.5. The molecular weight excluding hydrogens is 495 g/mol. The topological polar surface area (TPSA) is 65.0 Å². The number of hydrogen-bond acceptors (Lipinski definition) is 4. The van der Waals surface area contributed by atoms with Gasteiger partial charge in [-0.05, 0) is 90.8 Å². The molecule has 0 aromatic heterocycles. The van der Waals surface area contributed by atoms with Gasteiger partial charge in [0.15, 0.2) is 0 Å².